The van der Waals surface area contributed by atoms with E-state index in [4.69, 9.17) is 10.00 Å². The molecule has 5 nitrogen and oxygen atoms in total. The zero-order chi connectivity index (χ0) is 17.1. The Hall–Kier alpha value is -1.49. The zero-order valence-corrected chi connectivity index (χ0v) is 13.2. The summed E-state index contributed by atoms with van der Waals surface area (Å²) in [6, 6.07) is -0.537. The van der Waals surface area contributed by atoms with Gasteiger partial charge in [0.05, 0.1) is 17.6 Å². The maximum atomic E-state index is 13.2. The second-order valence-electron chi connectivity index (χ2n) is 6.61. The topological polar surface area (TPSA) is 65.4 Å². The number of hydrogen-bond donors (Lipinski definition) is 1. The van der Waals surface area contributed by atoms with Crippen LogP contribution in [0.15, 0.2) is 0 Å². The van der Waals surface area contributed by atoms with Gasteiger partial charge in [0.2, 0.25) is 0 Å². The largest absolute Gasteiger partial charge is 0.408 e. The molecule has 0 aromatic heterocycles. The zero-order valence-electron chi connectivity index (χ0n) is 13.2. The highest BCUT2D eigenvalue weighted by molar-refractivity contribution is 5.74. The number of piperidine rings is 1. The minimum absolute atomic E-state index is 0.153. The van der Waals surface area contributed by atoms with Crippen molar-refractivity contribution in [3.8, 4) is 6.07 Å². The number of nitrogens with zero attached hydrogens (tertiary/aromatic N) is 2. The summed E-state index contributed by atoms with van der Waals surface area (Å²) >= 11 is 0. The van der Waals surface area contributed by atoms with Gasteiger partial charge in [0.1, 0.15) is 6.04 Å². The van der Waals surface area contributed by atoms with Crippen LogP contribution in [0.5, 0.6) is 0 Å². The molecule has 0 radical (unpaired) electrons. The van der Waals surface area contributed by atoms with Crippen LogP contribution in [0, 0.1) is 16.7 Å². The molecular formula is C15H22F3N3O2. The maximum Gasteiger partial charge on any atom is 0.408 e. The third-order valence-electron chi connectivity index (χ3n) is 4.47. The highest BCUT2D eigenvalue weighted by Crippen LogP contribution is 2.30. The van der Waals surface area contributed by atoms with Gasteiger partial charge in [-0.15, -0.1) is 0 Å². The number of carbonyl (C=O) groups is 1. The number of nitrogens with one attached hydrogen (secondary N) is 1. The minimum atomic E-state index is -4.52. The van der Waals surface area contributed by atoms with Crippen LogP contribution in [0.25, 0.3) is 0 Å². The predicted molar refractivity (Wildman–Crippen MR) is 76.5 cm³/mol. The first-order valence-corrected chi connectivity index (χ1v) is 7.88. The van der Waals surface area contributed by atoms with Crippen molar-refractivity contribution in [1.29, 1.82) is 5.26 Å². The molecule has 2 heterocycles. The SMILES string of the molecule is CC1(C#N)CCCN(C(=O)NC(CC2CCCO2)C(F)(F)F)C1. The average Bonchev–Trinajstić information content (AvgIpc) is 2.98. The molecule has 8 heteroatoms. The number of alkyl halides is 3. The highest BCUT2D eigenvalue weighted by Gasteiger charge is 2.44. The molecular weight excluding hydrogens is 311 g/mol. The van der Waals surface area contributed by atoms with Crippen LogP contribution in [0.1, 0.15) is 39.0 Å². The van der Waals surface area contributed by atoms with Crippen molar-refractivity contribution in [2.24, 2.45) is 5.41 Å². The van der Waals surface area contributed by atoms with E-state index in [1.54, 1.807) is 6.92 Å². The number of hydrogen-bond acceptors (Lipinski definition) is 3. The van der Waals surface area contributed by atoms with Crippen LogP contribution >= 0.6 is 0 Å². The van der Waals surface area contributed by atoms with Gasteiger partial charge in [0, 0.05) is 26.1 Å². The second-order valence-corrected chi connectivity index (χ2v) is 6.61. The van der Waals surface area contributed by atoms with Gasteiger partial charge >= 0.3 is 12.2 Å². The molecule has 2 amide bonds. The molecule has 1 N–H and O–H groups in total. The third kappa shape index (κ3) is 4.74. The molecule has 2 saturated heterocycles. The van der Waals surface area contributed by atoms with Gasteiger partial charge in [-0.3, -0.25) is 0 Å². The Bertz CT molecular complexity index is 472. The number of amides is 2. The number of ether oxygens (including phenoxy) is 1. The van der Waals surface area contributed by atoms with E-state index in [2.05, 4.69) is 11.4 Å². The number of nitriles is 1. The van der Waals surface area contributed by atoms with Crippen LogP contribution in [0.4, 0.5) is 18.0 Å². The first kappa shape index (κ1) is 17.9. The summed E-state index contributed by atoms with van der Waals surface area (Å²) in [4.78, 5) is 13.5. The van der Waals surface area contributed by atoms with Crippen molar-refractivity contribution in [2.75, 3.05) is 19.7 Å². The summed E-state index contributed by atoms with van der Waals surface area (Å²) < 4.78 is 44.8. The molecule has 3 atom stereocenters. The molecule has 2 rings (SSSR count). The molecule has 23 heavy (non-hydrogen) atoms. The lowest BCUT2D eigenvalue weighted by Crippen LogP contribution is -2.54. The van der Waals surface area contributed by atoms with Gasteiger partial charge in [-0.1, -0.05) is 0 Å². The monoisotopic (exact) mass is 333 g/mol. The summed E-state index contributed by atoms with van der Waals surface area (Å²) in [6.45, 7) is 2.71. The van der Waals surface area contributed by atoms with E-state index in [1.165, 1.54) is 4.90 Å². The fourth-order valence-electron chi connectivity index (χ4n) is 3.11. The first-order chi connectivity index (χ1) is 10.7. The number of likely N-dealkylation sites (tertiary alicyclic amines) is 1. The summed E-state index contributed by atoms with van der Waals surface area (Å²) in [5, 5.41) is 11.2. The third-order valence-corrected chi connectivity index (χ3v) is 4.47. The van der Waals surface area contributed by atoms with Gasteiger partial charge in [-0.2, -0.15) is 18.4 Å². The summed E-state index contributed by atoms with van der Waals surface area (Å²) in [5.41, 5.74) is -0.697. The molecule has 130 valence electrons. The van der Waals surface area contributed by atoms with E-state index >= 15 is 0 Å². The molecule has 0 spiro atoms. The second kappa shape index (κ2) is 6.95. The van der Waals surface area contributed by atoms with Crippen molar-refractivity contribution >= 4 is 6.03 Å². The van der Waals surface area contributed by atoms with Gasteiger partial charge < -0.3 is 15.0 Å². The Balaban J connectivity index is 1.98. The molecule has 2 aliphatic heterocycles. The molecule has 2 fully saturated rings. The Morgan fingerprint density at radius 3 is 2.83 bits per heavy atom. The molecule has 0 aromatic carbocycles. The number of rotatable bonds is 3. The Kier molecular flexibility index (Phi) is 5.40. The lowest BCUT2D eigenvalue weighted by molar-refractivity contribution is -0.160. The highest BCUT2D eigenvalue weighted by atomic mass is 19.4. The standard InChI is InChI=1S/C15H22F3N3O2/c1-14(9-19)5-3-6-21(10-14)13(22)20-12(15(16,17)18)8-11-4-2-7-23-11/h11-12H,2-8,10H2,1H3,(H,20,22). The summed E-state index contributed by atoms with van der Waals surface area (Å²) in [6.07, 6.45) is -2.66. The normalized spacial score (nSPS) is 29.9. The van der Waals surface area contributed by atoms with E-state index < -0.39 is 29.8 Å². The van der Waals surface area contributed by atoms with Crippen molar-refractivity contribution in [3.63, 3.8) is 0 Å². The van der Waals surface area contributed by atoms with Crippen molar-refractivity contribution in [2.45, 2.75) is 57.3 Å². The van der Waals surface area contributed by atoms with Gasteiger partial charge in [-0.25, -0.2) is 4.79 Å². The lowest BCUT2D eigenvalue weighted by atomic mass is 9.83. The van der Waals surface area contributed by atoms with Gasteiger partial charge in [0.15, 0.2) is 0 Å². The molecule has 0 aromatic rings. The van der Waals surface area contributed by atoms with Crippen LogP contribution in [-0.4, -0.2) is 48.9 Å². The summed E-state index contributed by atoms with van der Waals surface area (Å²) in [5.74, 6) is 0. The molecule has 0 aliphatic carbocycles. The van der Waals surface area contributed by atoms with Gasteiger partial charge in [0.25, 0.3) is 0 Å². The first-order valence-electron chi connectivity index (χ1n) is 7.88. The molecule has 3 unspecified atom stereocenters. The molecule has 0 saturated carbocycles. The summed E-state index contributed by atoms with van der Waals surface area (Å²) in [7, 11) is 0. The van der Waals surface area contributed by atoms with Gasteiger partial charge in [-0.05, 0) is 32.6 Å². The average molecular weight is 333 g/mol. The fraction of sp³-hybridized carbons (Fsp3) is 0.867. The van der Waals surface area contributed by atoms with E-state index in [9.17, 15) is 18.0 Å². The van der Waals surface area contributed by atoms with E-state index in [0.717, 1.165) is 6.42 Å². The smallest absolute Gasteiger partial charge is 0.378 e. The van der Waals surface area contributed by atoms with Crippen LogP contribution in [0.2, 0.25) is 0 Å². The van der Waals surface area contributed by atoms with Crippen LogP contribution in [-0.2, 0) is 4.74 Å². The van der Waals surface area contributed by atoms with Crippen LogP contribution in [0.3, 0.4) is 0 Å². The Morgan fingerprint density at radius 2 is 2.26 bits per heavy atom. The van der Waals surface area contributed by atoms with E-state index in [0.29, 0.717) is 32.4 Å². The molecule has 2 aliphatic rings. The lowest BCUT2D eigenvalue weighted by Gasteiger charge is -2.37. The van der Waals surface area contributed by atoms with Crippen molar-refractivity contribution in [1.82, 2.24) is 10.2 Å². The Labute approximate surface area is 133 Å². The van der Waals surface area contributed by atoms with Crippen molar-refractivity contribution < 1.29 is 22.7 Å². The quantitative estimate of drug-likeness (QED) is 0.864. The van der Waals surface area contributed by atoms with E-state index in [1.807, 2.05) is 0 Å². The number of carbonyl (C=O) groups excluding carboxylic acids is 1. The van der Waals surface area contributed by atoms with E-state index in [-0.39, 0.29) is 13.0 Å². The number of urea groups is 1. The minimum Gasteiger partial charge on any atom is -0.378 e. The van der Waals surface area contributed by atoms with Crippen LogP contribution < -0.4 is 5.32 Å². The molecule has 0 bridgehead atoms. The maximum absolute atomic E-state index is 13.2. The predicted octanol–water partition coefficient (Wildman–Crippen LogP) is 2.82. The fourth-order valence-corrected chi connectivity index (χ4v) is 3.11. The Morgan fingerprint density at radius 1 is 1.52 bits per heavy atom. The number of halogens is 3. The van der Waals surface area contributed by atoms with Crippen molar-refractivity contribution in [3.05, 3.63) is 0 Å².